The molecule has 1 aliphatic rings. The fourth-order valence-electron chi connectivity index (χ4n) is 3.49. The van der Waals surface area contributed by atoms with Gasteiger partial charge in [-0.25, -0.2) is 4.79 Å². The highest BCUT2D eigenvalue weighted by Crippen LogP contribution is 2.35. The van der Waals surface area contributed by atoms with E-state index in [1.807, 2.05) is 38.1 Å². The fraction of sp³-hybridized carbons (Fsp3) is 0.381. The number of benzene rings is 1. The van der Waals surface area contributed by atoms with Crippen LogP contribution in [0.3, 0.4) is 0 Å². The van der Waals surface area contributed by atoms with E-state index in [0.717, 1.165) is 28.1 Å². The largest absolute Gasteiger partial charge is 0.449 e. The third-order valence-electron chi connectivity index (χ3n) is 4.96. The zero-order valence-corrected chi connectivity index (χ0v) is 17.5. The Labute approximate surface area is 168 Å². The molecule has 7 heteroatoms. The number of carbonyl (C=O) groups excluding carboxylic acids is 3. The topological polar surface area (TPSA) is 75.7 Å². The molecule has 1 aromatic heterocycles. The summed E-state index contributed by atoms with van der Waals surface area (Å²) >= 11 is 1.32. The number of ether oxygens (including phenoxy) is 1. The first kappa shape index (κ1) is 20.1. The van der Waals surface area contributed by atoms with Gasteiger partial charge in [-0.3, -0.25) is 9.59 Å². The Morgan fingerprint density at radius 2 is 1.93 bits per heavy atom. The molecule has 0 saturated carbocycles. The number of para-hydroxylation sites is 1. The molecule has 0 fully saturated rings. The first-order chi connectivity index (χ1) is 13.2. The van der Waals surface area contributed by atoms with Gasteiger partial charge in [0.25, 0.3) is 5.91 Å². The van der Waals surface area contributed by atoms with E-state index in [1.54, 1.807) is 18.7 Å². The molecule has 0 saturated heterocycles. The highest BCUT2D eigenvalue weighted by Gasteiger charge is 2.35. The predicted octanol–water partition coefficient (Wildman–Crippen LogP) is 3.85. The molecule has 3 rings (SSSR count). The van der Waals surface area contributed by atoms with Crippen molar-refractivity contribution in [2.75, 3.05) is 10.2 Å². The van der Waals surface area contributed by atoms with E-state index >= 15 is 0 Å². The van der Waals surface area contributed by atoms with Crippen molar-refractivity contribution in [3.63, 3.8) is 0 Å². The Morgan fingerprint density at radius 1 is 1.25 bits per heavy atom. The first-order valence-electron chi connectivity index (χ1n) is 9.20. The lowest BCUT2D eigenvalue weighted by Crippen LogP contribution is -2.43. The molecule has 28 heavy (non-hydrogen) atoms. The first-order valence-corrected chi connectivity index (χ1v) is 10.0. The van der Waals surface area contributed by atoms with Gasteiger partial charge in [0.05, 0.1) is 5.56 Å². The molecule has 0 spiro atoms. The number of hydrogen-bond acceptors (Lipinski definition) is 5. The van der Waals surface area contributed by atoms with Crippen molar-refractivity contribution in [3.8, 4) is 0 Å². The molecule has 2 aromatic rings. The summed E-state index contributed by atoms with van der Waals surface area (Å²) in [5.74, 6) is -1.12. The van der Waals surface area contributed by atoms with Crippen LogP contribution in [0, 0.1) is 13.8 Å². The quantitative estimate of drug-likeness (QED) is 0.791. The van der Waals surface area contributed by atoms with Gasteiger partial charge in [0, 0.05) is 23.5 Å². The number of anilines is 2. The van der Waals surface area contributed by atoms with Gasteiger partial charge in [0.2, 0.25) is 5.91 Å². The van der Waals surface area contributed by atoms with Crippen LogP contribution in [-0.4, -0.2) is 29.9 Å². The van der Waals surface area contributed by atoms with Crippen LogP contribution < -0.4 is 10.2 Å². The third kappa shape index (κ3) is 3.67. The van der Waals surface area contributed by atoms with Crippen molar-refractivity contribution in [3.05, 3.63) is 45.8 Å². The highest BCUT2D eigenvalue weighted by atomic mass is 32.1. The summed E-state index contributed by atoms with van der Waals surface area (Å²) in [6.45, 7) is 8.63. The van der Waals surface area contributed by atoms with Gasteiger partial charge >= 0.3 is 5.97 Å². The van der Waals surface area contributed by atoms with Gasteiger partial charge in [-0.1, -0.05) is 18.2 Å². The number of thiophene rings is 1. The summed E-state index contributed by atoms with van der Waals surface area (Å²) in [7, 11) is 0. The van der Waals surface area contributed by atoms with Crippen LogP contribution in [0.15, 0.2) is 24.3 Å². The van der Waals surface area contributed by atoms with Crippen molar-refractivity contribution in [2.24, 2.45) is 0 Å². The number of nitrogens with zero attached hydrogens (tertiary/aromatic N) is 1. The van der Waals surface area contributed by atoms with E-state index in [1.165, 1.54) is 18.3 Å². The number of fused-ring (bicyclic) bond motifs is 1. The summed E-state index contributed by atoms with van der Waals surface area (Å²) in [6, 6.07) is 7.77. The number of hydrogen-bond donors (Lipinski definition) is 1. The summed E-state index contributed by atoms with van der Waals surface area (Å²) in [5, 5.41) is 3.13. The van der Waals surface area contributed by atoms with Crippen LogP contribution in [0.2, 0.25) is 0 Å². The number of amides is 2. The molecule has 0 unspecified atom stereocenters. The molecule has 2 atom stereocenters. The standard InChI is InChI=1S/C21H24N2O4S/c1-11-10-16-8-6-7-9-17(16)23(11)20(25)13(3)27-21(26)18-12(2)14(4)28-19(18)22-15(5)24/h6-9,11,13H,10H2,1-5H3,(H,22,24)/t11-,13+/m1/s1. The lowest BCUT2D eigenvalue weighted by atomic mass is 10.1. The SMILES string of the molecule is CC(=O)Nc1sc(C)c(C)c1C(=O)O[C@@H](C)C(=O)N1c2ccccc2C[C@H]1C. The fourth-order valence-corrected chi connectivity index (χ4v) is 4.58. The molecule has 148 valence electrons. The van der Waals surface area contributed by atoms with E-state index in [4.69, 9.17) is 4.74 Å². The molecule has 2 amide bonds. The minimum absolute atomic E-state index is 0.00567. The molecular weight excluding hydrogens is 376 g/mol. The van der Waals surface area contributed by atoms with E-state index in [0.29, 0.717) is 10.6 Å². The Balaban J connectivity index is 1.80. The number of carbonyl (C=O) groups is 3. The van der Waals surface area contributed by atoms with Crippen molar-refractivity contribution in [1.82, 2.24) is 0 Å². The van der Waals surface area contributed by atoms with Crippen LogP contribution in [0.4, 0.5) is 10.7 Å². The van der Waals surface area contributed by atoms with Gasteiger partial charge in [-0.2, -0.15) is 0 Å². The lowest BCUT2D eigenvalue weighted by molar-refractivity contribution is -0.126. The van der Waals surface area contributed by atoms with E-state index in [9.17, 15) is 14.4 Å². The van der Waals surface area contributed by atoms with Gasteiger partial charge < -0.3 is 15.0 Å². The Kier molecular flexibility index (Phi) is 5.56. The summed E-state index contributed by atoms with van der Waals surface area (Å²) in [6.07, 6.45) is -0.163. The van der Waals surface area contributed by atoms with Crippen molar-refractivity contribution >= 4 is 39.8 Å². The summed E-state index contributed by atoms with van der Waals surface area (Å²) in [5.41, 5.74) is 3.04. The molecule has 1 N–H and O–H groups in total. The number of aryl methyl sites for hydroxylation is 1. The molecule has 0 aliphatic carbocycles. The second kappa shape index (κ2) is 7.75. The smallest absolute Gasteiger partial charge is 0.342 e. The maximum Gasteiger partial charge on any atom is 0.342 e. The monoisotopic (exact) mass is 400 g/mol. The van der Waals surface area contributed by atoms with Gasteiger partial charge in [0.15, 0.2) is 6.10 Å². The van der Waals surface area contributed by atoms with E-state index < -0.39 is 12.1 Å². The Hall–Kier alpha value is -2.67. The maximum absolute atomic E-state index is 13.0. The van der Waals surface area contributed by atoms with Crippen LogP contribution in [0.5, 0.6) is 0 Å². The number of esters is 1. The van der Waals surface area contributed by atoms with Crippen LogP contribution in [-0.2, 0) is 20.7 Å². The summed E-state index contributed by atoms with van der Waals surface area (Å²) < 4.78 is 5.52. The Morgan fingerprint density at radius 3 is 2.61 bits per heavy atom. The van der Waals surface area contributed by atoms with Crippen LogP contribution in [0.1, 0.15) is 47.1 Å². The molecule has 1 aromatic carbocycles. The second-order valence-electron chi connectivity index (χ2n) is 7.11. The van der Waals surface area contributed by atoms with Crippen molar-refractivity contribution in [2.45, 2.75) is 53.2 Å². The normalized spacial score (nSPS) is 16.5. The molecular formula is C21H24N2O4S. The molecule has 6 nitrogen and oxygen atoms in total. The Bertz CT molecular complexity index is 950. The number of rotatable bonds is 4. The summed E-state index contributed by atoms with van der Waals surface area (Å²) in [4.78, 5) is 39.9. The number of nitrogens with one attached hydrogen (secondary N) is 1. The maximum atomic E-state index is 13.0. The zero-order chi connectivity index (χ0) is 20.6. The van der Waals surface area contributed by atoms with Crippen LogP contribution in [0.25, 0.3) is 0 Å². The van der Waals surface area contributed by atoms with Gasteiger partial charge in [-0.15, -0.1) is 11.3 Å². The minimum atomic E-state index is -0.939. The van der Waals surface area contributed by atoms with Crippen LogP contribution >= 0.6 is 11.3 Å². The third-order valence-corrected chi connectivity index (χ3v) is 6.08. The minimum Gasteiger partial charge on any atom is -0.449 e. The average molecular weight is 401 g/mol. The lowest BCUT2D eigenvalue weighted by Gasteiger charge is -2.26. The molecule has 2 heterocycles. The van der Waals surface area contributed by atoms with Gasteiger partial charge in [0.1, 0.15) is 5.00 Å². The van der Waals surface area contributed by atoms with E-state index in [-0.39, 0.29) is 17.9 Å². The molecule has 1 aliphatic heterocycles. The van der Waals surface area contributed by atoms with Crippen molar-refractivity contribution in [1.29, 1.82) is 0 Å². The van der Waals surface area contributed by atoms with Crippen molar-refractivity contribution < 1.29 is 19.1 Å². The zero-order valence-electron chi connectivity index (χ0n) is 16.7. The van der Waals surface area contributed by atoms with E-state index in [2.05, 4.69) is 5.32 Å². The predicted molar refractivity (Wildman–Crippen MR) is 110 cm³/mol. The second-order valence-corrected chi connectivity index (χ2v) is 8.33. The molecule has 0 radical (unpaired) electrons. The average Bonchev–Trinajstić information content (AvgIpc) is 3.09. The molecule has 0 bridgehead atoms. The van der Waals surface area contributed by atoms with Gasteiger partial charge in [-0.05, 0) is 51.3 Å². The highest BCUT2D eigenvalue weighted by molar-refractivity contribution is 7.16.